The van der Waals surface area contributed by atoms with Gasteiger partial charge < -0.3 is 10.5 Å². The van der Waals surface area contributed by atoms with E-state index in [1.807, 2.05) is 0 Å². The fourth-order valence-electron chi connectivity index (χ4n) is 1.48. The number of anilines is 2. The first-order valence-electron chi connectivity index (χ1n) is 5.36. The summed E-state index contributed by atoms with van der Waals surface area (Å²) in [6.07, 6.45) is 1.15. The number of hydrogen-bond donors (Lipinski definition) is 2. The van der Waals surface area contributed by atoms with E-state index in [4.69, 9.17) is 22.1 Å². The zero-order valence-corrected chi connectivity index (χ0v) is 11.9. The molecule has 7 nitrogen and oxygen atoms in total. The maximum atomic E-state index is 12.2. The van der Waals surface area contributed by atoms with Crippen molar-refractivity contribution in [2.45, 2.75) is 4.90 Å². The van der Waals surface area contributed by atoms with Crippen LogP contribution in [0.2, 0.25) is 5.15 Å². The molecule has 0 aliphatic carbocycles. The van der Waals surface area contributed by atoms with Gasteiger partial charge in [-0.25, -0.2) is 18.4 Å². The van der Waals surface area contributed by atoms with E-state index in [9.17, 15) is 8.42 Å². The molecule has 106 valence electrons. The molecule has 0 atom stereocenters. The van der Waals surface area contributed by atoms with E-state index in [1.54, 1.807) is 0 Å². The Hall–Kier alpha value is -2.06. The molecule has 0 unspecified atom stereocenters. The van der Waals surface area contributed by atoms with Crippen molar-refractivity contribution >= 4 is 33.1 Å². The maximum absolute atomic E-state index is 12.2. The standard InChI is InChI=1S/C11H11ClN4O3S/c1-19-7-2-3-9(8(13)4-7)20(17,18)16-11-5-10(12)14-6-15-11/h2-6H,13H2,1H3,(H,14,15,16). The summed E-state index contributed by atoms with van der Waals surface area (Å²) < 4.78 is 31.6. The predicted molar refractivity (Wildman–Crippen MR) is 75.3 cm³/mol. The maximum Gasteiger partial charge on any atom is 0.265 e. The first-order chi connectivity index (χ1) is 9.42. The molecule has 2 rings (SSSR count). The minimum absolute atomic E-state index is 0.0558. The molecule has 0 bridgehead atoms. The van der Waals surface area contributed by atoms with E-state index in [0.717, 1.165) is 6.33 Å². The second kappa shape index (κ2) is 5.51. The molecule has 3 N–H and O–H groups in total. The number of aromatic nitrogens is 2. The summed E-state index contributed by atoms with van der Waals surface area (Å²) in [6.45, 7) is 0. The first-order valence-corrected chi connectivity index (χ1v) is 7.22. The summed E-state index contributed by atoms with van der Waals surface area (Å²) >= 11 is 5.66. The second-order valence-electron chi connectivity index (χ2n) is 3.74. The van der Waals surface area contributed by atoms with Gasteiger partial charge in [-0.05, 0) is 12.1 Å². The fraction of sp³-hybridized carbons (Fsp3) is 0.0909. The molecule has 0 aliphatic rings. The number of methoxy groups -OCH3 is 1. The molecular weight excluding hydrogens is 304 g/mol. The topological polar surface area (TPSA) is 107 Å². The van der Waals surface area contributed by atoms with Crippen molar-refractivity contribution in [1.29, 1.82) is 0 Å². The number of benzene rings is 1. The summed E-state index contributed by atoms with van der Waals surface area (Å²) in [5.41, 5.74) is 5.78. The molecule has 0 spiro atoms. The lowest BCUT2D eigenvalue weighted by atomic mass is 10.3. The molecule has 1 aromatic heterocycles. The number of nitrogens with two attached hydrogens (primary N) is 1. The molecule has 0 amide bonds. The Kier molecular flexibility index (Phi) is 3.96. The van der Waals surface area contributed by atoms with Crippen LogP contribution in [0.1, 0.15) is 0 Å². The van der Waals surface area contributed by atoms with Gasteiger partial charge in [0.25, 0.3) is 10.0 Å². The minimum Gasteiger partial charge on any atom is -0.497 e. The largest absolute Gasteiger partial charge is 0.497 e. The lowest BCUT2D eigenvalue weighted by Crippen LogP contribution is -2.15. The molecule has 1 heterocycles. The van der Waals surface area contributed by atoms with Gasteiger partial charge in [-0.1, -0.05) is 11.6 Å². The van der Waals surface area contributed by atoms with E-state index < -0.39 is 10.0 Å². The van der Waals surface area contributed by atoms with Crippen molar-refractivity contribution in [3.05, 3.63) is 35.7 Å². The number of hydrogen-bond acceptors (Lipinski definition) is 6. The quantitative estimate of drug-likeness (QED) is 0.654. The van der Waals surface area contributed by atoms with Crippen molar-refractivity contribution in [3.8, 4) is 5.75 Å². The van der Waals surface area contributed by atoms with Crippen LogP contribution in [-0.2, 0) is 10.0 Å². The lowest BCUT2D eigenvalue weighted by molar-refractivity contribution is 0.414. The third-order valence-electron chi connectivity index (χ3n) is 2.38. The van der Waals surface area contributed by atoms with Crippen molar-refractivity contribution in [2.24, 2.45) is 0 Å². The van der Waals surface area contributed by atoms with Gasteiger partial charge in [0.1, 0.15) is 27.9 Å². The highest BCUT2D eigenvalue weighted by atomic mass is 35.5. The van der Waals surface area contributed by atoms with Gasteiger partial charge in [0.05, 0.1) is 12.8 Å². The predicted octanol–water partition coefficient (Wildman–Crippen LogP) is 1.52. The number of sulfonamides is 1. The zero-order chi connectivity index (χ0) is 14.8. The first kappa shape index (κ1) is 14.4. The second-order valence-corrected chi connectivity index (χ2v) is 5.77. The molecule has 20 heavy (non-hydrogen) atoms. The lowest BCUT2D eigenvalue weighted by Gasteiger charge is -2.10. The monoisotopic (exact) mass is 314 g/mol. The summed E-state index contributed by atoms with van der Waals surface area (Å²) in [7, 11) is -2.40. The van der Waals surface area contributed by atoms with Gasteiger partial charge in [0, 0.05) is 12.1 Å². The van der Waals surface area contributed by atoms with Crippen LogP contribution in [0.15, 0.2) is 35.5 Å². The normalized spacial score (nSPS) is 11.1. The average Bonchev–Trinajstić information content (AvgIpc) is 2.37. The van der Waals surface area contributed by atoms with Crippen LogP contribution < -0.4 is 15.2 Å². The van der Waals surface area contributed by atoms with Gasteiger partial charge in [0.15, 0.2) is 0 Å². The highest BCUT2D eigenvalue weighted by Gasteiger charge is 2.18. The van der Waals surface area contributed by atoms with Gasteiger partial charge in [-0.2, -0.15) is 0 Å². The highest BCUT2D eigenvalue weighted by Crippen LogP contribution is 2.25. The van der Waals surface area contributed by atoms with E-state index in [0.29, 0.717) is 5.75 Å². The molecule has 1 aromatic carbocycles. The Morgan fingerprint density at radius 2 is 2.05 bits per heavy atom. The van der Waals surface area contributed by atoms with Crippen molar-refractivity contribution in [1.82, 2.24) is 9.97 Å². The molecule has 2 aromatic rings. The highest BCUT2D eigenvalue weighted by molar-refractivity contribution is 7.92. The molecule has 0 saturated heterocycles. The van der Waals surface area contributed by atoms with Gasteiger partial charge in [0.2, 0.25) is 0 Å². The Morgan fingerprint density at radius 1 is 1.30 bits per heavy atom. The molecule has 0 fully saturated rings. The van der Waals surface area contributed by atoms with Crippen LogP contribution in [0.4, 0.5) is 11.5 Å². The third kappa shape index (κ3) is 3.09. The van der Waals surface area contributed by atoms with Crippen LogP contribution in [-0.4, -0.2) is 25.5 Å². The van der Waals surface area contributed by atoms with E-state index in [-0.39, 0.29) is 21.6 Å². The summed E-state index contributed by atoms with van der Waals surface area (Å²) in [5.74, 6) is 0.520. The van der Waals surface area contributed by atoms with E-state index >= 15 is 0 Å². The van der Waals surface area contributed by atoms with Crippen molar-refractivity contribution in [3.63, 3.8) is 0 Å². The SMILES string of the molecule is COc1ccc(S(=O)(=O)Nc2cc(Cl)ncn2)c(N)c1. The summed E-state index contributed by atoms with van der Waals surface area (Å²) in [6, 6.07) is 5.55. The van der Waals surface area contributed by atoms with E-state index in [1.165, 1.54) is 31.4 Å². The minimum atomic E-state index is -3.87. The summed E-state index contributed by atoms with van der Waals surface area (Å²) in [4.78, 5) is 7.35. The van der Waals surface area contributed by atoms with Gasteiger partial charge >= 0.3 is 0 Å². The van der Waals surface area contributed by atoms with E-state index in [2.05, 4.69) is 14.7 Å². The van der Waals surface area contributed by atoms with Crippen LogP contribution in [0.25, 0.3) is 0 Å². The number of rotatable bonds is 4. The molecular formula is C11H11ClN4O3S. The molecule has 9 heteroatoms. The van der Waals surface area contributed by atoms with Crippen LogP contribution in [0, 0.1) is 0 Å². The molecule has 0 aliphatic heterocycles. The number of nitrogen functional groups attached to an aromatic ring is 1. The third-order valence-corrected chi connectivity index (χ3v) is 4.01. The number of halogens is 1. The number of nitrogens with zero attached hydrogens (tertiary/aromatic N) is 2. The Labute approximate surface area is 120 Å². The zero-order valence-electron chi connectivity index (χ0n) is 10.4. The molecule has 0 radical (unpaired) electrons. The summed E-state index contributed by atoms with van der Waals surface area (Å²) in [5, 5.41) is 0.125. The van der Waals surface area contributed by atoms with Crippen LogP contribution in [0.3, 0.4) is 0 Å². The number of nitrogens with one attached hydrogen (secondary N) is 1. The Bertz CT molecular complexity index is 736. The van der Waals surface area contributed by atoms with Crippen LogP contribution >= 0.6 is 11.6 Å². The van der Waals surface area contributed by atoms with Crippen molar-refractivity contribution < 1.29 is 13.2 Å². The Morgan fingerprint density at radius 3 is 2.65 bits per heavy atom. The van der Waals surface area contributed by atoms with Crippen LogP contribution in [0.5, 0.6) is 5.75 Å². The Balaban J connectivity index is 2.36. The average molecular weight is 315 g/mol. The fourth-order valence-corrected chi connectivity index (χ4v) is 2.74. The van der Waals surface area contributed by atoms with Gasteiger partial charge in [-0.3, -0.25) is 4.72 Å². The molecule has 0 saturated carbocycles. The smallest absolute Gasteiger partial charge is 0.265 e. The van der Waals surface area contributed by atoms with Gasteiger partial charge in [-0.15, -0.1) is 0 Å². The number of ether oxygens (including phenoxy) is 1. The van der Waals surface area contributed by atoms with Crippen molar-refractivity contribution in [2.75, 3.05) is 17.6 Å².